The average Bonchev–Trinajstić information content (AvgIpc) is 2.53. The van der Waals surface area contributed by atoms with Crippen LogP contribution in [0.15, 0.2) is 41.3 Å². The Kier molecular flexibility index (Phi) is 6.05. The number of benzene rings is 2. The molecular formula is C19H24N2O4S. The number of ether oxygens (including phenoxy) is 1. The lowest BCUT2D eigenvalue weighted by Crippen LogP contribution is -2.30. The molecule has 0 aliphatic rings. The van der Waals surface area contributed by atoms with Crippen molar-refractivity contribution in [1.82, 2.24) is 4.72 Å². The molecule has 6 nitrogen and oxygen atoms in total. The van der Waals surface area contributed by atoms with Crippen LogP contribution in [0.25, 0.3) is 0 Å². The van der Waals surface area contributed by atoms with Crippen molar-refractivity contribution in [2.45, 2.75) is 38.6 Å². The highest BCUT2D eigenvalue weighted by Crippen LogP contribution is 2.28. The molecular weight excluding hydrogens is 352 g/mol. The van der Waals surface area contributed by atoms with Crippen LogP contribution in [0.4, 0.5) is 5.69 Å². The monoisotopic (exact) mass is 376 g/mol. The zero-order valence-electron chi connectivity index (χ0n) is 15.6. The Bertz CT molecular complexity index is 921. The SMILES string of the molecule is COc1ccc(S(=O)(=O)NC(C)C)cc1NC(=O)c1ccc(C)cc1C. The molecule has 0 saturated heterocycles. The van der Waals surface area contributed by atoms with Gasteiger partial charge in [0.05, 0.1) is 17.7 Å². The van der Waals surface area contributed by atoms with Gasteiger partial charge in [-0.25, -0.2) is 13.1 Å². The Balaban J connectivity index is 2.38. The predicted octanol–water partition coefficient (Wildman–Crippen LogP) is 3.25. The number of aryl methyl sites for hydroxylation is 2. The van der Waals surface area contributed by atoms with Crippen LogP contribution in [-0.2, 0) is 10.0 Å². The van der Waals surface area contributed by atoms with Crippen LogP contribution >= 0.6 is 0 Å². The van der Waals surface area contributed by atoms with Crippen molar-refractivity contribution in [3.05, 3.63) is 53.1 Å². The van der Waals surface area contributed by atoms with E-state index in [2.05, 4.69) is 10.0 Å². The number of carbonyl (C=O) groups excluding carboxylic acids is 1. The first-order valence-electron chi connectivity index (χ1n) is 8.23. The standard InChI is InChI=1S/C19H24N2O4S/c1-12(2)21-26(23,24)15-7-9-18(25-5)17(11-15)20-19(22)16-8-6-13(3)10-14(16)4/h6-12,21H,1-5H3,(H,20,22). The number of amides is 1. The maximum absolute atomic E-state index is 12.6. The number of carbonyl (C=O) groups is 1. The van der Waals surface area contributed by atoms with Crippen molar-refractivity contribution < 1.29 is 17.9 Å². The average molecular weight is 376 g/mol. The predicted molar refractivity (Wildman–Crippen MR) is 102 cm³/mol. The number of hydrogen-bond donors (Lipinski definition) is 2. The van der Waals surface area contributed by atoms with E-state index in [0.29, 0.717) is 17.0 Å². The molecule has 0 bridgehead atoms. The molecule has 1 amide bonds. The minimum absolute atomic E-state index is 0.0583. The van der Waals surface area contributed by atoms with E-state index in [1.54, 1.807) is 19.9 Å². The molecule has 0 spiro atoms. The van der Waals surface area contributed by atoms with Gasteiger partial charge in [0.25, 0.3) is 5.91 Å². The van der Waals surface area contributed by atoms with Crippen molar-refractivity contribution >= 4 is 21.6 Å². The summed E-state index contributed by atoms with van der Waals surface area (Å²) in [5.74, 6) is 0.0544. The lowest BCUT2D eigenvalue weighted by atomic mass is 10.1. The normalized spacial score (nSPS) is 11.5. The Morgan fingerprint density at radius 1 is 1.08 bits per heavy atom. The summed E-state index contributed by atoms with van der Waals surface area (Å²) < 4.78 is 32.5. The highest BCUT2D eigenvalue weighted by atomic mass is 32.2. The minimum Gasteiger partial charge on any atom is -0.495 e. The molecule has 2 aromatic carbocycles. The van der Waals surface area contributed by atoms with Gasteiger partial charge in [0.2, 0.25) is 10.0 Å². The lowest BCUT2D eigenvalue weighted by Gasteiger charge is -2.15. The Morgan fingerprint density at radius 2 is 1.77 bits per heavy atom. The topological polar surface area (TPSA) is 84.5 Å². The van der Waals surface area contributed by atoms with Gasteiger partial charge >= 0.3 is 0 Å². The summed E-state index contributed by atoms with van der Waals surface area (Å²) in [6.45, 7) is 7.29. The fourth-order valence-corrected chi connectivity index (χ4v) is 3.87. The van der Waals surface area contributed by atoms with Crippen molar-refractivity contribution in [3.8, 4) is 5.75 Å². The molecule has 0 radical (unpaired) electrons. The molecule has 0 aliphatic heterocycles. The third kappa shape index (κ3) is 4.62. The molecule has 2 N–H and O–H groups in total. The van der Waals surface area contributed by atoms with E-state index in [4.69, 9.17) is 4.74 Å². The number of rotatable bonds is 6. The van der Waals surface area contributed by atoms with Gasteiger partial charge in [-0.3, -0.25) is 4.79 Å². The fourth-order valence-electron chi connectivity index (χ4n) is 2.59. The Labute approximate surface area is 154 Å². The van der Waals surface area contributed by atoms with Crippen molar-refractivity contribution in [2.24, 2.45) is 0 Å². The van der Waals surface area contributed by atoms with E-state index < -0.39 is 10.0 Å². The number of anilines is 1. The number of nitrogens with one attached hydrogen (secondary N) is 2. The highest BCUT2D eigenvalue weighted by Gasteiger charge is 2.19. The highest BCUT2D eigenvalue weighted by molar-refractivity contribution is 7.89. The first-order chi connectivity index (χ1) is 12.1. The summed E-state index contributed by atoms with van der Waals surface area (Å²) in [5, 5.41) is 2.75. The van der Waals surface area contributed by atoms with Crippen molar-refractivity contribution in [1.29, 1.82) is 0 Å². The molecule has 2 aromatic rings. The second kappa shape index (κ2) is 7.88. The van der Waals surface area contributed by atoms with Gasteiger partial charge in [0, 0.05) is 11.6 Å². The maximum atomic E-state index is 12.6. The van der Waals surface area contributed by atoms with Gasteiger partial charge in [-0.1, -0.05) is 17.7 Å². The molecule has 0 aliphatic carbocycles. The maximum Gasteiger partial charge on any atom is 0.256 e. The summed E-state index contributed by atoms with van der Waals surface area (Å²) in [7, 11) is -2.22. The smallest absolute Gasteiger partial charge is 0.256 e. The molecule has 0 unspecified atom stereocenters. The second-order valence-electron chi connectivity index (χ2n) is 6.41. The van der Waals surface area contributed by atoms with Crippen LogP contribution in [0.1, 0.15) is 35.3 Å². The third-order valence-electron chi connectivity index (χ3n) is 3.75. The van der Waals surface area contributed by atoms with Crippen LogP contribution < -0.4 is 14.8 Å². The van der Waals surface area contributed by atoms with Gasteiger partial charge < -0.3 is 10.1 Å². The number of hydrogen-bond acceptors (Lipinski definition) is 4. The van der Waals surface area contributed by atoms with Crippen LogP contribution in [0.2, 0.25) is 0 Å². The Morgan fingerprint density at radius 3 is 2.35 bits per heavy atom. The lowest BCUT2D eigenvalue weighted by molar-refractivity contribution is 0.102. The van der Waals surface area contributed by atoms with E-state index in [1.165, 1.54) is 25.3 Å². The van der Waals surface area contributed by atoms with Crippen LogP contribution in [0, 0.1) is 13.8 Å². The zero-order chi connectivity index (χ0) is 19.5. The molecule has 0 aromatic heterocycles. The second-order valence-corrected chi connectivity index (χ2v) is 8.12. The minimum atomic E-state index is -3.68. The van der Waals surface area contributed by atoms with Crippen LogP contribution in [0.3, 0.4) is 0 Å². The summed E-state index contributed by atoms with van der Waals surface area (Å²) in [6, 6.07) is 9.63. The van der Waals surface area contributed by atoms with Crippen molar-refractivity contribution in [2.75, 3.05) is 12.4 Å². The van der Waals surface area contributed by atoms with Crippen LogP contribution in [0.5, 0.6) is 5.75 Å². The van der Waals surface area contributed by atoms with E-state index in [9.17, 15) is 13.2 Å². The van der Waals surface area contributed by atoms with E-state index in [1.807, 2.05) is 26.0 Å². The third-order valence-corrected chi connectivity index (χ3v) is 5.40. The van der Waals surface area contributed by atoms with E-state index in [-0.39, 0.29) is 16.8 Å². The zero-order valence-corrected chi connectivity index (χ0v) is 16.4. The molecule has 0 atom stereocenters. The van der Waals surface area contributed by atoms with Crippen LogP contribution in [-0.4, -0.2) is 27.5 Å². The summed E-state index contributed by atoms with van der Waals surface area (Å²) >= 11 is 0. The molecule has 26 heavy (non-hydrogen) atoms. The molecule has 0 heterocycles. The van der Waals surface area contributed by atoms with Gasteiger partial charge in [-0.05, 0) is 57.5 Å². The largest absolute Gasteiger partial charge is 0.495 e. The molecule has 140 valence electrons. The number of sulfonamides is 1. The first kappa shape index (κ1) is 19.9. The molecule has 7 heteroatoms. The Hall–Kier alpha value is -2.38. The summed E-state index contributed by atoms with van der Waals surface area (Å²) in [5.41, 5.74) is 2.71. The molecule has 0 fully saturated rings. The summed E-state index contributed by atoms with van der Waals surface area (Å²) in [6.07, 6.45) is 0. The van der Waals surface area contributed by atoms with E-state index in [0.717, 1.165) is 11.1 Å². The fraction of sp³-hybridized carbons (Fsp3) is 0.316. The van der Waals surface area contributed by atoms with Gasteiger partial charge in [-0.15, -0.1) is 0 Å². The van der Waals surface area contributed by atoms with Gasteiger partial charge in [0.15, 0.2) is 0 Å². The molecule has 2 rings (SSSR count). The summed E-state index contributed by atoms with van der Waals surface area (Å²) in [4.78, 5) is 12.7. The quantitative estimate of drug-likeness (QED) is 0.810. The van der Waals surface area contributed by atoms with Gasteiger partial charge in [0.1, 0.15) is 5.75 Å². The molecule has 0 saturated carbocycles. The number of methoxy groups -OCH3 is 1. The van der Waals surface area contributed by atoms with E-state index >= 15 is 0 Å². The first-order valence-corrected chi connectivity index (χ1v) is 9.71. The van der Waals surface area contributed by atoms with Gasteiger partial charge in [-0.2, -0.15) is 0 Å². The van der Waals surface area contributed by atoms with Crippen molar-refractivity contribution in [3.63, 3.8) is 0 Å².